The molecule has 3 heteroatoms. The lowest BCUT2D eigenvalue weighted by Gasteiger charge is -2.06. The quantitative estimate of drug-likeness (QED) is 0.723. The van der Waals surface area contributed by atoms with Gasteiger partial charge in [-0.2, -0.15) is 0 Å². The summed E-state index contributed by atoms with van der Waals surface area (Å²) in [5, 5.41) is 1.03. The van der Waals surface area contributed by atoms with Gasteiger partial charge in [-0.15, -0.1) is 11.6 Å². The number of fused-ring (bicyclic) bond motifs is 1. The van der Waals surface area contributed by atoms with Gasteiger partial charge in [0, 0.05) is 11.6 Å². The fourth-order valence-electron chi connectivity index (χ4n) is 1.35. The lowest BCUT2D eigenvalue weighted by atomic mass is 10.2. The van der Waals surface area contributed by atoms with Crippen LogP contribution in [0.2, 0.25) is 0 Å². The van der Waals surface area contributed by atoms with Crippen LogP contribution in [0.25, 0.3) is 10.9 Å². The largest absolute Gasteiger partial charge is 0.492 e. The normalized spacial score (nSPS) is 10.4. The number of aromatic nitrogens is 1. The second-order valence-corrected chi connectivity index (χ2v) is 3.24. The zero-order valence-corrected chi connectivity index (χ0v) is 8.37. The van der Waals surface area contributed by atoms with Crippen LogP contribution in [0.5, 0.6) is 5.75 Å². The summed E-state index contributed by atoms with van der Waals surface area (Å²) in [6.45, 7) is 0.523. The third-order valence-corrected chi connectivity index (χ3v) is 2.09. The number of halogens is 1. The van der Waals surface area contributed by atoms with Crippen LogP contribution >= 0.6 is 11.6 Å². The first kappa shape index (κ1) is 9.28. The van der Waals surface area contributed by atoms with Gasteiger partial charge in [0.1, 0.15) is 12.4 Å². The van der Waals surface area contributed by atoms with Crippen molar-refractivity contribution in [3.05, 3.63) is 36.5 Å². The summed E-state index contributed by atoms with van der Waals surface area (Å²) in [7, 11) is 0. The molecule has 2 rings (SSSR count). The maximum Gasteiger partial charge on any atom is 0.128 e. The van der Waals surface area contributed by atoms with E-state index in [0.29, 0.717) is 12.5 Å². The monoisotopic (exact) mass is 207 g/mol. The topological polar surface area (TPSA) is 22.1 Å². The van der Waals surface area contributed by atoms with Crippen molar-refractivity contribution in [2.75, 3.05) is 12.5 Å². The van der Waals surface area contributed by atoms with E-state index in [1.165, 1.54) is 0 Å². The van der Waals surface area contributed by atoms with E-state index in [2.05, 4.69) is 4.98 Å². The Balaban J connectivity index is 2.43. The molecule has 0 unspecified atom stereocenters. The van der Waals surface area contributed by atoms with Gasteiger partial charge in [0.25, 0.3) is 0 Å². The van der Waals surface area contributed by atoms with E-state index in [4.69, 9.17) is 16.3 Å². The highest BCUT2D eigenvalue weighted by Gasteiger charge is 2.00. The molecular weight excluding hydrogens is 198 g/mol. The van der Waals surface area contributed by atoms with E-state index in [1.54, 1.807) is 6.20 Å². The highest BCUT2D eigenvalue weighted by atomic mass is 35.5. The molecule has 0 N–H and O–H groups in total. The van der Waals surface area contributed by atoms with Gasteiger partial charge in [-0.25, -0.2) is 0 Å². The first-order valence-corrected chi connectivity index (χ1v) is 4.98. The molecule has 0 aliphatic rings. The molecule has 0 aliphatic carbocycles. The van der Waals surface area contributed by atoms with Crippen molar-refractivity contribution in [3.63, 3.8) is 0 Å². The van der Waals surface area contributed by atoms with Gasteiger partial charge in [-0.1, -0.05) is 6.07 Å². The van der Waals surface area contributed by atoms with Crippen LogP contribution in [0, 0.1) is 0 Å². The lowest BCUT2D eigenvalue weighted by molar-refractivity contribution is 0.347. The molecule has 1 heterocycles. The van der Waals surface area contributed by atoms with E-state index in [1.807, 2.05) is 30.3 Å². The van der Waals surface area contributed by atoms with Crippen molar-refractivity contribution in [3.8, 4) is 5.75 Å². The van der Waals surface area contributed by atoms with Crippen molar-refractivity contribution in [1.82, 2.24) is 4.98 Å². The molecule has 0 amide bonds. The SMILES string of the molecule is ClCCOc1cccc2ncccc12. The first-order valence-electron chi connectivity index (χ1n) is 4.44. The summed E-state index contributed by atoms with van der Waals surface area (Å²) >= 11 is 5.56. The molecule has 0 atom stereocenters. The third-order valence-electron chi connectivity index (χ3n) is 1.94. The molecule has 0 spiro atoms. The number of hydrogen-bond donors (Lipinski definition) is 0. The van der Waals surface area contributed by atoms with Crippen LogP contribution in [-0.2, 0) is 0 Å². The molecule has 2 nitrogen and oxygen atoms in total. The standard InChI is InChI=1S/C11H10ClNO/c12-6-8-14-11-5-1-4-10-9(11)3-2-7-13-10/h1-5,7H,6,8H2. The maximum absolute atomic E-state index is 5.56. The van der Waals surface area contributed by atoms with Crippen LogP contribution in [0.4, 0.5) is 0 Å². The average molecular weight is 208 g/mol. The zero-order chi connectivity index (χ0) is 9.80. The predicted octanol–water partition coefficient (Wildman–Crippen LogP) is 2.85. The molecule has 0 aliphatic heterocycles. The summed E-state index contributed by atoms with van der Waals surface area (Å²) in [4.78, 5) is 4.24. The van der Waals surface area contributed by atoms with E-state index in [9.17, 15) is 0 Å². The predicted molar refractivity (Wildman–Crippen MR) is 58.0 cm³/mol. The van der Waals surface area contributed by atoms with Crippen molar-refractivity contribution in [2.24, 2.45) is 0 Å². The Kier molecular flexibility index (Phi) is 2.84. The van der Waals surface area contributed by atoms with Crippen LogP contribution < -0.4 is 4.74 Å². The Morgan fingerprint density at radius 2 is 2.14 bits per heavy atom. The van der Waals surface area contributed by atoms with Crippen molar-refractivity contribution in [2.45, 2.75) is 0 Å². The van der Waals surface area contributed by atoms with E-state index in [0.717, 1.165) is 16.7 Å². The highest BCUT2D eigenvalue weighted by Crippen LogP contribution is 2.23. The number of nitrogens with zero attached hydrogens (tertiary/aromatic N) is 1. The Morgan fingerprint density at radius 3 is 3.00 bits per heavy atom. The maximum atomic E-state index is 5.56. The van der Waals surface area contributed by atoms with Crippen LogP contribution in [-0.4, -0.2) is 17.5 Å². The minimum Gasteiger partial charge on any atom is -0.492 e. The summed E-state index contributed by atoms with van der Waals surface area (Å²) in [6.07, 6.45) is 1.77. The number of benzene rings is 1. The van der Waals surface area contributed by atoms with Crippen molar-refractivity contribution >= 4 is 22.5 Å². The lowest BCUT2D eigenvalue weighted by Crippen LogP contribution is -1.98. The fourth-order valence-corrected chi connectivity index (χ4v) is 1.43. The second kappa shape index (κ2) is 4.29. The average Bonchev–Trinajstić information content (AvgIpc) is 2.26. The van der Waals surface area contributed by atoms with Crippen molar-refractivity contribution < 1.29 is 4.74 Å². The van der Waals surface area contributed by atoms with E-state index < -0.39 is 0 Å². The Hall–Kier alpha value is -1.28. The minimum atomic E-state index is 0.497. The van der Waals surface area contributed by atoms with Gasteiger partial charge in [-0.3, -0.25) is 4.98 Å². The number of pyridine rings is 1. The van der Waals surface area contributed by atoms with Crippen molar-refractivity contribution in [1.29, 1.82) is 0 Å². The molecule has 0 fully saturated rings. The number of alkyl halides is 1. The molecule has 0 saturated carbocycles. The van der Waals surface area contributed by atoms with Gasteiger partial charge in [0.05, 0.1) is 11.4 Å². The Morgan fingerprint density at radius 1 is 1.21 bits per heavy atom. The molecule has 0 radical (unpaired) electrons. The van der Waals surface area contributed by atoms with Gasteiger partial charge in [-0.05, 0) is 24.3 Å². The highest BCUT2D eigenvalue weighted by molar-refractivity contribution is 6.18. The van der Waals surface area contributed by atoms with Crippen LogP contribution in [0.15, 0.2) is 36.5 Å². The molecule has 1 aromatic heterocycles. The number of hydrogen-bond acceptors (Lipinski definition) is 2. The molecule has 0 bridgehead atoms. The molecule has 14 heavy (non-hydrogen) atoms. The van der Waals surface area contributed by atoms with Gasteiger partial charge in [0.15, 0.2) is 0 Å². The summed E-state index contributed by atoms with van der Waals surface area (Å²) in [5.74, 6) is 1.34. The number of rotatable bonds is 3. The fraction of sp³-hybridized carbons (Fsp3) is 0.182. The van der Waals surface area contributed by atoms with Gasteiger partial charge < -0.3 is 4.74 Å². The Bertz CT molecular complexity index is 425. The Labute approximate surface area is 87.5 Å². The van der Waals surface area contributed by atoms with Gasteiger partial charge >= 0.3 is 0 Å². The smallest absolute Gasteiger partial charge is 0.128 e. The third kappa shape index (κ3) is 1.80. The van der Waals surface area contributed by atoms with E-state index in [-0.39, 0.29) is 0 Å². The van der Waals surface area contributed by atoms with Crippen LogP contribution in [0.1, 0.15) is 0 Å². The summed E-state index contributed by atoms with van der Waals surface area (Å²) < 4.78 is 5.50. The zero-order valence-electron chi connectivity index (χ0n) is 7.61. The van der Waals surface area contributed by atoms with E-state index >= 15 is 0 Å². The molecular formula is C11H10ClNO. The molecule has 0 saturated heterocycles. The number of ether oxygens (including phenoxy) is 1. The summed E-state index contributed by atoms with van der Waals surface area (Å²) in [5.41, 5.74) is 0.944. The summed E-state index contributed by atoms with van der Waals surface area (Å²) in [6, 6.07) is 9.71. The van der Waals surface area contributed by atoms with Gasteiger partial charge in [0.2, 0.25) is 0 Å². The second-order valence-electron chi connectivity index (χ2n) is 2.86. The van der Waals surface area contributed by atoms with Crippen LogP contribution in [0.3, 0.4) is 0 Å². The molecule has 72 valence electrons. The molecule has 2 aromatic rings. The minimum absolute atomic E-state index is 0.497. The first-order chi connectivity index (χ1) is 6.92. The molecule has 1 aromatic carbocycles.